The monoisotopic (exact) mass is 396 g/mol. The van der Waals surface area contributed by atoms with E-state index in [9.17, 15) is 4.39 Å². The Balaban J connectivity index is 1.53. The van der Waals surface area contributed by atoms with Gasteiger partial charge in [-0.25, -0.2) is 4.39 Å². The minimum atomic E-state index is -0.878. The predicted octanol–water partition coefficient (Wildman–Crippen LogP) is 5.09. The summed E-state index contributed by atoms with van der Waals surface area (Å²) in [6, 6.07) is 7.74. The van der Waals surface area contributed by atoms with E-state index < -0.39 is 18.3 Å². The SMILES string of the molecule is CC1(C)OB(C(F)=C2CC(COc3cccc(Br)c3)C2)OC1(C)C. The minimum Gasteiger partial charge on any atom is -0.493 e. The molecule has 1 aliphatic heterocycles. The second kappa shape index (κ2) is 6.47. The summed E-state index contributed by atoms with van der Waals surface area (Å²) in [6.07, 6.45) is 1.40. The highest BCUT2D eigenvalue weighted by molar-refractivity contribution is 9.10. The van der Waals surface area contributed by atoms with Crippen molar-refractivity contribution < 1.29 is 18.4 Å². The quantitative estimate of drug-likeness (QED) is 0.663. The van der Waals surface area contributed by atoms with Gasteiger partial charge in [0.15, 0.2) is 0 Å². The van der Waals surface area contributed by atoms with E-state index in [-0.39, 0.29) is 5.73 Å². The number of hydrogen-bond acceptors (Lipinski definition) is 3. The van der Waals surface area contributed by atoms with E-state index in [0.717, 1.165) is 15.8 Å². The number of halogens is 2. The van der Waals surface area contributed by atoms with Crippen LogP contribution in [0.15, 0.2) is 40.0 Å². The Bertz CT molecular complexity index is 635. The molecule has 3 nitrogen and oxygen atoms in total. The van der Waals surface area contributed by atoms with Crippen molar-refractivity contribution in [3.05, 3.63) is 40.0 Å². The van der Waals surface area contributed by atoms with Crippen LogP contribution in [-0.4, -0.2) is 24.9 Å². The predicted molar refractivity (Wildman–Crippen MR) is 96.6 cm³/mol. The fraction of sp³-hybridized carbons (Fsp3) is 0.556. The van der Waals surface area contributed by atoms with Crippen molar-refractivity contribution in [1.82, 2.24) is 0 Å². The molecule has 0 unspecified atom stereocenters. The number of benzene rings is 1. The molecule has 2 fully saturated rings. The highest BCUT2D eigenvalue weighted by Gasteiger charge is 2.54. The van der Waals surface area contributed by atoms with Crippen LogP contribution in [0.25, 0.3) is 0 Å². The van der Waals surface area contributed by atoms with Gasteiger partial charge in [0.25, 0.3) is 0 Å². The van der Waals surface area contributed by atoms with Gasteiger partial charge < -0.3 is 14.0 Å². The third-order valence-corrected chi connectivity index (χ3v) is 5.64. The van der Waals surface area contributed by atoms with Gasteiger partial charge in [-0.05, 0) is 64.3 Å². The van der Waals surface area contributed by atoms with Gasteiger partial charge in [0.1, 0.15) is 11.5 Å². The maximum absolute atomic E-state index is 14.6. The van der Waals surface area contributed by atoms with E-state index in [2.05, 4.69) is 15.9 Å². The zero-order chi connectivity index (χ0) is 17.5. The molecule has 6 heteroatoms. The van der Waals surface area contributed by atoms with Crippen LogP contribution in [0.4, 0.5) is 4.39 Å². The van der Waals surface area contributed by atoms with Gasteiger partial charge >= 0.3 is 7.12 Å². The third-order valence-electron chi connectivity index (χ3n) is 5.15. The van der Waals surface area contributed by atoms with Crippen molar-refractivity contribution in [2.45, 2.75) is 51.7 Å². The Hall–Kier alpha value is -0.845. The molecule has 0 atom stereocenters. The second-order valence-electron chi connectivity index (χ2n) is 7.58. The summed E-state index contributed by atoms with van der Waals surface area (Å²) >= 11 is 3.42. The molecule has 0 N–H and O–H groups in total. The average molecular weight is 397 g/mol. The molecule has 2 aliphatic rings. The summed E-state index contributed by atoms with van der Waals surface area (Å²) in [5.74, 6) is 1.17. The van der Waals surface area contributed by atoms with Gasteiger partial charge in [0, 0.05) is 10.4 Å². The Morgan fingerprint density at radius 1 is 1.25 bits per heavy atom. The summed E-state index contributed by atoms with van der Waals surface area (Å²) in [5.41, 5.74) is -0.492. The molecule has 24 heavy (non-hydrogen) atoms. The lowest BCUT2D eigenvalue weighted by Crippen LogP contribution is -2.41. The maximum atomic E-state index is 14.6. The topological polar surface area (TPSA) is 27.7 Å². The van der Waals surface area contributed by atoms with Crippen molar-refractivity contribution in [2.75, 3.05) is 6.61 Å². The summed E-state index contributed by atoms with van der Waals surface area (Å²) < 4.78 is 32.9. The van der Waals surface area contributed by atoms with Crippen LogP contribution < -0.4 is 4.74 Å². The van der Waals surface area contributed by atoms with Crippen molar-refractivity contribution in [1.29, 1.82) is 0 Å². The first-order valence-corrected chi connectivity index (χ1v) is 9.09. The lowest BCUT2D eigenvalue weighted by molar-refractivity contribution is 0.00578. The molecule has 3 rings (SSSR count). The van der Waals surface area contributed by atoms with E-state index in [4.69, 9.17) is 14.0 Å². The molecule has 0 spiro atoms. The van der Waals surface area contributed by atoms with Crippen molar-refractivity contribution in [2.24, 2.45) is 5.92 Å². The van der Waals surface area contributed by atoms with E-state index in [1.807, 2.05) is 52.0 Å². The van der Waals surface area contributed by atoms with Crippen molar-refractivity contribution >= 4 is 23.0 Å². The van der Waals surface area contributed by atoms with E-state index in [1.54, 1.807) is 0 Å². The van der Waals surface area contributed by atoms with Crippen LogP contribution >= 0.6 is 15.9 Å². The van der Waals surface area contributed by atoms with Crippen LogP contribution in [0.1, 0.15) is 40.5 Å². The van der Waals surface area contributed by atoms with Crippen molar-refractivity contribution in [3.63, 3.8) is 0 Å². The zero-order valence-electron chi connectivity index (χ0n) is 14.6. The smallest absolute Gasteiger partial charge is 0.493 e. The normalized spacial score (nSPS) is 24.7. The Labute approximate surface area is 151 Å². The fourth-order valence-electron chi connectivity index (χ4n) is 2.83. The number of allylic oxidation sites excluding steroid dienone is 1. The third kappa shape index (κ3) is 3.56. The molecule has 0 radical (unpaired) electrons. The Morgan fingerprint density at radius 2 is 1.88 bits per heavy atom. The van der Waals surface area contributed by atoms with Crippen molar-refractivity contribution in [3.8, 4) is 5.75 Å². The molecule has 1 saturated carbocycles. The van der Waals surface area contributed by atoms with Gasteiger partial charge in [-0.1, -0.05) is 22.0 Å². The molecular formula is C18H23BBrFO3. The molecule has 130 valence electrons. The van der Waals surface area contributed by atoms with Gasteiger partial charge in [-0.15, -0.1) is 0 Å². The van der Waals surface area contributed by atoms with E-state index in [1.165, 1.54) is 0 Å². The van der Waals surface area contributed by atoms with Gasteiger partial charge in [-0.3, -0.25) is 0 Å². The molecule has 0 aromatic heterocycles. The highest BCUT2D eigenvalue weighted by atomic mass is 79.9. The molecule has 1 aromatic rings. The second-order valence-corrected chi connectivity index (χ2v) is 8.50. The number of rotatable bonds is 4. The van der Waals surface area contributed by atoms with E-state index in [0.29, 0.717) is 25.4 Å². The van der Waals surface area contributed by atoms with E-state index >= 15 is 0 Å². The van der Waals surface area contributed by atoms with Crippen LogP contribution in [0.2, 0.25) is 0 Å². The lowest BCUT2D eigenvalue weighted by Gasteiger charge is -2.32. The summed E-state index contributed by atoms with van der Waals surface area (Å²) in [5, 5.41) is 0. The largest absolute Gasteiger partial charge is 0.525 e. The minimum absolute atomic E-state index is 0.257. The fourth-order valence-corrected chi connectivity index (χ4v) is 3.21. The molecule has 0 amide bonds. The summed E-state index contributed by atoms with van der Waals surface area (Å²) in [4.78, 5) is 0. The molecular weight excluding hydrogens is 374 g/mol. The lowest BCUT2D eigenvalue weighted by atomic mass is 9.73. The molecule has 1 saturated heterocycles. The van der Waals surface area contributed by atoms with Gasteiger partial charge in [0.05, 0.1) is 17.8 Å². The zero-order valence-corrected chi connectivity index (χ0v) is 16.2. The van der Waals surface area contributed by atoms with Crippen LogP contribution in [0, 0.1) is 5.92 Å². The van der Waals surface area contributed by atoms with Gasteiger partial charge in [-0.2, -0.15) is 0 Å². The molecule has 1 aliphatic carbocycles. The standard InChI is InChI=1S/C18H23BBrFO3/c1-17(2)18(3,4)24-19(23-17)16(21)13-8-12(9-13)11-22-15-7-5-6-14(20)10-15/h5-7,10,12H,8-9,11H2,1-4H3. The van der Waals surface area contributed by atoms with Crippen LogP contribution in [-0.2, 0) is 9.31 Å². The van der Waals surface area contributed by atoms with Gasteiger partial charge in [0.2, 0.25) is 0 Å². The first-order chi connectivity index (χ1) is 11.2. The summed E-state index contributed by atoms with van der Waals surface area (Å²) in [6.45, 7) is 8.32. The number of hydrogen-bond donors (Lipinski definition) is 0. The van der Waals surface area contributed by atoms with Crippen LogP contribution in [0.5, 0.6) is 5.75 Å². The Kier molecular flexibility index (Phi) is 4.84. The molecule has 0 bridgehead atoms. The first kappa shape index (κ1) is 18.0. The molecule has 1 aromatic carbocycles. The number of ether oxygens (including phenoxy) is 1. The Morgan fingerprint density at radius 3 is 2.46 bits per heavy atom. The average Bonchev–Trinajstić information content (AvgIpc) is 2.65. The maximum Gasteiger partial charge on any atom is 0.525 e. The summed E-state index contributed by atoms with van der Waals surface area (Å²) in [7, 11) is -0.878. The van der Waals surface area contributed by atoms with Crippen LogP contribution in [0.3, 0.4) is 0 Å². The first-order valence-electron chi connectivity index (χ1n) is 8.29. The highest BCUT2D eigenvalue weighted by Crippen LogP contribution is 2.43. The molecule has 1 heterocycles.